The highest BCUT2D eigenvalue weighted by atomic mass is 16.5. The van der Waals surface area contributed by atoms with E-state index in [-0.39, 0.29) is 11.3 Å². The van der Waals surface area contributed by atoms with E-state index in [9.17, 15) is 9.90 Å². The quantitative estimate of drug-likeness (QED) is 0.886. The first-order valence-electron chi connectivity index (χ1n) is 6.78. The summed E-state index contributed by atoms with van der Waals surface area (Å²) in [7, 11) is 1.68. The summed E-state index contributed by atoms with van der Waals surface area (Å²) < 4.78 is 5.14. The number of aromatic nitrogens is 2. The molecule has 1 amide bonds. The average Bonchev–Trinajstić information content (AvgIpc) is 2.71. The SMILES string of the molecule is CN(CC(C)(C)O)C(=O)CCc1nc(C(C)(C)C)no1. The van der Waals surface area contributed by atoms with Crippen LogP contribution in [0.25, 0.3) is 0 Å². The first-order chi connectivity index (χ1) is 8.99. The third-order valence-corrected chi connectivity index (χ3v) is 2.74. The Hall–Kier alpha value is -1.43. The van der Waals surface area contributed by atoms with Gasteiger partial charge >= 0.3 is 0 Å². The summed E-state index contributed by atoms with van der Waals surface area (Å²) >= 11 is 0. The van der Waals surface area contributed by atoms with Crippen LogP contribution in [-0.2, 0) is 16.6 Å². The van der Waals surface area contributed by atoms with Crippen molar-refractivity contribution in [2.24, 2.45) is 0 Å². The number of hydrogen-bond donors (Lipinski definition) is 1. The van der Waals surface area contributed by atoms with Crippen LogP contribution in [0.4, 0.5) is 0 Å². The molecule has 1 N–H and O–H groups in total. The summed E-state index contributed by atoms with van der Waals surface area (Å²) in [5.74, 6) is 1.06. The maximum Gasteiger partial charge on any atom is 0.227 e. The van der Waals surface area contributed by atoms with Crippen molar-refractivity contribution in [3.8, 4) is 0 Å². The Bertz CT molecular complexity index is 455. The van der Waals surface area contributed by atoms with E-state index in [2.05, 4.69) is 10.1 Å². The number of aliphatic hydroxyl groups is 1. The summed E-state index contributed by atoms with van der Waals surface area (Å²) in [5, 5.41) is 13.6. The standard InChI is InChI=1S/C14H25N3O3/c1-13(2,3)12-15-10(20-16-12)7-8-11(18)17(6)9-14(4,5)19/h19H,7-9H2,1-6H3. The molecule has 1 aromatic heterocycles. The second-order valence-electron chi connectivity index (χ2n) is 6.82. The highest BCUT2D eigenvalue weighted by Gasteiger charge is 2.22. The van der Waals surface area contributed by atoms with Crippen LogP contribution in [0.2, 0.25) is 0 Å². The number of likely N-dealkylation sites (N-methyl/N-ethyl adjacent to an activating group) is 1. The number of nitrogens with zero attached hydrogens (tertiary/aromatic N) is 3. The molecule has 0 bridgehead atoms. The van der Waals surface area contributed by atoms with E-state index in [1.54, 1.807) is 20.9 Å². The van der Waals surface area contributed by atoms with Gasteiger partial charge in [-0.25, -0.2) is 0 Å². The monoisotopic (exact) mass is 283 g/mol. The smallest absolute Gasteiger partial charge is 0.227 e. The molecule has 1 rings (SSSR count). The number of carbonyl (C=O) groups is 1. The van der Waals surface area contributed by atoms with Gasteiger partial charge < -0.3 is 14.5 Å². The maximum atomic E-state index is 11.9. The molecule has 6 nitrogen and oxygen atoms in total. The van der Waals surface area contributed by atoms with Gasteiger partial charge in [-0.2, -0.15) is 4.98 Å². The van der Waals surface area contributed by atoms with Crippen LogP contribution in [0.1, 0.15) is 52.8 Å². The lowest BCUT2D eigenvalue weighted by Gasteiger charge is -2.25. The topological polar surface area (TPSA) is 79.5 Å². The first kappa shape index (κ1) is 16.6. The zero-order chi connectivity index (χ0) is 15.6. The van der Waals surface area contributed by atoms with Crippen LogP contribution in [0.3, 0.4) is 0 Å². The minimum Gasteiger partial charge on any atom is -0.389 e. The molecule has 1 heterocycles. The third-order valence-electron chi connectivity index (χ3n) is 2.74. The van der Waals surface area contributed by atoms with Gasteiger partial charge in [0.2, 0.25) is 11.8 Å². The molecule has 114 valence electrons. The van der Waals surface area contributed by atoms with Gasteiger partial charge in [-0.05, 0) is 13.8 Å². The molecular weight excluding hydrogens is 258 g/mol. The Balaban J connectivity index is 2.51. The fourth-order valence-electron chi connectivity index (χ4n) is 1.73. The van der Waals surface area contributed by atoms with Crippen LogP contribution in [-0.4, -0.2) is 45.2 Å². The predicted molar refractivity (Wildman–Crippen MR) is 75.3 cm³/mol. The summed E-state index contributed by atoms with van der Waals surface area (Å²) in [6.07, 6.45) is 0.705. The van der Waals surface area contributed by atoms with E-state index in [4.69, 9.17) is 4.52 Å². The van der Waals surface area contributed by atoms with Crippen molar-refractivity contribution in [2.45, 2.75) is 58.5 Å². The van der Waals surface area contributed by atoms with Gasteiger partial charge in [0.05, 0.1) is 5.60 Å². The lowest BCUT2D eigenvalue weighted by Crippen LogP contribution is -2.39. The van der Waals surface area contributed by atoms with Crippen molar-refractivity contribution in [3.63, 3.8) is 0 Å². The second kappa shape index (κ2) is 5.91. The molecule has 0 aliphatic rings. The fraction of sp³-hybridized carbons (Fsp3) is 0.786. The number of aryl methyl sites for hydroxylation is 1. The maximum absolute atomic E-state index is 11.9. The van der Waals surface area contributed by atoms with Gasteiger partial charge in [-0.1, -0.05) is 25.9 Å². The Morgan fingerprint density at radius 3 is 2.35 bits per heavy atom. The summed E-state index contributed by atoms with van der Waals surface area (Å²) in [5.41, 5.74) is -1.06. The third kappa shape index (κ3) is 5.28. The van der Waals surface area contributed by atoms with Crippen LogP contribution in [0, 0.1) is 0 Å². The molecule has 0 atom stereocenters. The van der Waals surface area contributed by atoms with Crippen LogP contribution in [0.5, 0.6) is 0 Å². The molecule has 0 spiro atoms. The van der Waals surface area contributed by atoms with Crippen LogP contribution in [0.15, 0.2) is 4.52 Å². The Kier molecular flexibility index (Phi) is 4.91. The Morgan fingerprint density at radius 2 is 1.90 bits per heavy atom. The van der Waals surface area contributed by atoms with Crippen LogP contribution < -0.4 is 0 Å². The van der Waals surface area contributed by atoms with Crippen molar-refractivity contribution in [1.82, 2.24) is 15.0 Å². The summed E-state index contributed by atoms with van der Waals surface area (Å²) in [6, 6.07) is 0. The zero-order valence-electron chi connectivity index (χ0n) is 13.2. The number of rotatable bonds is 5. The fourth-order valence-corrected chi connectivity index (χ4v) is 1.73. The largest absolute Gasteiger partial charge is 0.389 e. The van der Waals surface area contributed by atoms with Gasteiger partial charge in [0.25, 0.3) is 0 Å². The Labute approximate surface area is 120 Å². The molecule has 0 aliphatic heterocycles. The first-order valence-corrected chi connectivity index (χ1v) is 6.78. The molecule has 1 aromatic rings. The molecular formula is C14H25N3O3. The van der Waals surface area contributed by atoms with E-state index in [0.29, 0.717) is 31.1 Å². The number of carbonyl (C=O) groups excluding carboxylic acids is 1. The van der Waals surface area contributed by atoms with Gasteiger partial charge in [0.1, 0.15) is 0 Å². The van der Waals surface area contributed by atoms with E-state index < -0.39 is 5.60 Å². The van der Waals surface area contributed by atoms with Crippen molar-refractivity contribution in [1.29, 1.82) is 0 Å². The van der Waals surface area contributed by atoms with Gasteiger partial charge in [-0.3, -0.25) is 4.79 Å². The summed E-state index contributed by atoms with van der Waals surface area (Å²) in [6.45, 7) is 9.65. The van der Waals surface area contributed by atoms with E-state index in [1.807, 2.05) is 20.8 Å². The number of hydrogen-bond acceptors (Lipinski definition) is 5. The van der Waals surface area contributed by atoms with Gasteiger partial charge in [0, 0.05) is 31.8 Å². The molecule has 0 unspecified atom stereocenters. The lowest BCUT2D eigenvalue weighted by molar-refractivity contribution is -0.132. The Morgan fingerprint density at radius 1 is 1.30 bits per heavy atom. The molecule has 0 fully saturated rings. The van der Waals surface area contributed by atoms with E-state index >= 15 is 0 Å². The lowest BCUT2D eigenvalue weighted by atomic mass is 9.96. The van der Waals surface area contributed by atoms with Gasteiger partial charge in [0.15, 0.2) is 5.82 Å². The minimum absolute atomic E-state index is 0.0531. The van der Waals surface area contributed by atoms with Crippen molar-refractivity contribution in [2.75, 3.05) is 13.6 Å². The van der Waals surface area contributed by atoms with E-state index in [1.165, 1.54) is 4.90 Å². The van der Waals surface area contributed by atoms with Crippen LogP contribution >= 0.6 is 0 Å². The van der Waals surface area contributed by atoms with Crippen molar-refractivity contribution in [3.05, 3.63) is 11.7 Å². The normalized spacial score (nSPS) is 12.6. The molecule has 0 radical (unpaired) electrons. The molecule has 0 aromatic carbocycles. The average molecular weight is 283 g/mol. The highest BCUT2D eigenvalue weighted by Crippen LogP contribution is 2.18. The predicted octanol–water partition coefficient (Wildman–Crippen LogP) is 1.53. The second-order valence-corrected chi connectivity index (χ2v) is 6.82. The number of amides is 1. The van der Waals surface area contributed by atoms with Crippen molar-refractivity contribution >= 4 is 5.91 Å². The molecule has 0 saturated heterocycles. The van der Waals surface area contributed by atoms with E-state index in [0.717, 1.165) is 0 Å². The summed E-state index contributed by atoms with van der Waals surface area (Å²) in [4.78, 5) is 17.7. The molecule has 0 aliphatic carbocycles. The molecule has 20 heavy (non-hydrogen) atoms. The molecule has 6 heteroatoms. The zero-order valence-corrected chi connectivity index (χ0v) is 13.2. The van der Waals surface area contributed by atoms with Crippen molar-refractivity contribution < 1.29 is 14.4 Å². The minimum atomic E-state index is -0.895. The highest BCUT2D eigenvalue weighted by molar-refractivity contribution is 5.76. The van der Waals surface area contributed by atoms with Gasteiger partial charge in [-0.15, -0.1) is 0 Å². The molecule has 0 saturated carbocycles.